The van der Waals surface area contributed by atoms with Gasteiger partial charge in [-0.1, -0.05) is 0 Å². The van der Waals surface area contributed by atoms with Gasteiger partial charge in [0.15, 0.2) is 5.40 Å². The molecule has 1 aliphatic heterocycles. The van der Waals surface area contributed by atoms with Gasteiger partial charge in [0.25, 0.3) is 0 Å². The summed E-state index contributed by atoms with van der Waals surface area (Å²) in [6, 6.07) is 0. The molecule has 1 rings (SSSR count). The largest absolute Gasteiger partial charge is 0.497 e. The Bertz CT molecular complexity index is 631. The minimum absolute atomic E-state index is 0.127. The molecule has 0 aromatic rings. The molecule has 1 aliphatic rings. The minimum atomic E-state index is -5.31. The summed E-state index contributed by atoms with van der Waals surface area (Å²) >= 11 is 0. The van der Waals surface area contributed by atoms with Crippen molar-refractivity contribution in [1.82, 2.24) is 0 Å². The first-order chi connectivity index (χ1) is 12.5. The van der Waals surface area contributed by atoms with Crippen LogP contribution in [0, 0.1) is 5.92 Å². The summed E-state index contributed by atoms with van der Waals surface area (Å²) in [4.78, 5) is 52.8. The summed E-state index contributed by atoms with van der Waals surface area (Å²) < 4.78 is 59.8. The zero-order chi connectivity index (χ0) is 22.0. The Balaban J connectivity index is 3.11. The Morgan fingerprint density at radius 2 is 1.75 bits per heavy atom. The summed E-state index contributed by atoms with van der Waals surface area (Å²) in [5.74, 6) is -3.40. The number of quaternary nitrogens is 1. The van der Waals surface area contributed by atoms with Gasteiger partial charge in [-0.25, -0.2) is 4.79 Å². The van der Waals surface area contributed by atoms with Gasteiger partial charge in [-0.3, -0.25) is 14.0 Å². The molecule has 3 atom stereocenters. The number of aliphatic hydroxyl groups is 1. The Hall–Kier alpha value is -0.560. The molecule has 0 radical (unpaired) electrons. The molecule has 0 spiro atoms. The lowest BCUT2D eigenvalue weighted by Crippen LogP contribution is -2.60. The average molecular weight is 459 g/mol. The first-order valence-electron chi connectivity index (χ1n) is 8.15. The van der Waals surface area contributed by atoms with Crippen molar-refractivity contribution in [3.63, 3.8) is 0 Å². The number of nitrogens with zero attached hydrogens (tertiary/aromatic N) is 1. The van der Waals surface area contributed by atoms with E-state index in [0.717, 1.165) is 0 Å². The fourth-order valence-electron chi connectivity index (χ4n) is 3.25. The highest BCUT2D eigenvalue weighted by Crippen LogP contribution is 2.62. The van der Waals surface area contributed by atoms with Crippen LogP contribution in [0.2, 0.25) is 0 Å². The zero-order valence-electron chi connectivity index (χ0n) is 14.6. The molecule has 1 heterocycles. The molecule has 1 saturated heterocycles. The molecule has 28 heavy (non-hydrogen) atoms. The van der Waals surface area contributed by atoms with Crippen LogP contribution >= 0.6 is 15.2 Å². The van der Waals surface area contributed by atoms with E-state index >= 15 is 0 Å². The maximum atomic E-state index is 12.6. The van der Waals surface area contributed by atoms with E-state index in [1.165, 1.54) is 0 Å². The van der Waals surface area contributed by atoms with Crippen molar-refractivity contribution < 1.29 is 61.3 Å². The fraction of sp³-hybridized carbons (Fsp3) is 0.917. The van der Waals surface area contributed by atoms with E-state index in [9.17, 15) is 51.8 Å². The van der Waals surface area contributed by atoms with E-state index in [0.29, 0.717) is 0 Å². The number of aliphatic hydroxyl groups excluding tert-OH is 1. The van der Waals surface area contributed by atoms with Crippen LogP contribution in [0.15, 0.2) is 0 Å². The van der Waals surface area contributed by atoms with Crippen LogP contribution in [0.5, 0.6) is 0 Å². The van der Waals surface area contributed by atoms with Gasteiger partial charge in [0.2, 0.25) is 0 Å². The van der Waals surface area contributed by atoms with Gasteiger partial charge >= 0.3 is 27.3 Å². The number of piperidine rings is 1. The third kappa shape index (κ3) is 7.36. The number of alkyl halides is 3. The van der Waals surface area contributed by atoms with Crippen LogP contribution in [0.3, 0.4) is 0 Å². The van der Waals surface area contributed by atoms with Gasteiger partial charge in [0.1, 0.15) is 25.7 Å². The number of rotatable bonds is 8. The van der Waals surface area contributed by atoms with Crippen molar-refractivity contribution >= 4 is 21.2 Å². The molecular formula is C12H24F3N2O9P2+. The summed E-state index contributed by atoms with van der Waals surface area (Å²) in [7, 11) is -10.4. The number of carbonyl (C=O) groups excluding carboxylic acids is 1. The standard InChI is InChI=1S/C12H23F3N2O9P2/c13-12(14,15)11(19)26-17(7-9(18)5-16)3-1-2-8(6-17)4-10(27(20,21)22)28(23,24)25/h8-10,18H,1-7,16H2,(H3-,20,21,22,23,24,25)/p+1. The van der Waals surface area contributed by atoms with Crippen LogP contribution < -0.4 is 5.73 Å². The smallest absolute Gasteiger partial charge is 0.386 e. The molecule has 16 heteroatoms. The maximum Gasteiger partial charge on any atom is 0.497 e. The number of hydrogen-bond acceptors (Lipinski definition) is 6. The quantitative estimate of drug-likeness (QED) is 0.206. The molecule has 0 bridgehead atoms. The molecule has 166 valence electrons. The molecule has 11 nitrogen and oxygen atoms in total. The van der Waals surface area contributed by atoms with Crippen molar-refractivity contribution in [1.29, 1.82) is 0 Å². The van der Waals surface area contributed by atoms with Crippen molar-refractivity contribution in [2.75, 3.05) is 26.2 Å². The van der Waals surface area contributed by atoms with Crippen LogP contribution in [0.1, 0.15) is 19.3 Å². The normalized spacial score (nSPS) is 25.6. The van der Waals surface area contributed by atoms with Gasteiger partial charge in [-0.2, -0.15) is 13.2 Å². The van der Waals surface area contributed by atoms with Gasteiger partial charge in [-0.15, -0.1) is 4.65 Å². The number of halogens is 3. The Kier molecular flexibility index (Phi) is 8.25. The van der Waals surface area contributed by atoms with E-state index in [2.05, 4.69) is 4.84 Å². The summed E-state index contributed by atoms with van der Waals surface area (Å²) in [5, 5.41) is 7.42. The topological polar surface area (TPSA) is 188 Å². The second kappa shape index (κ2) is 9.07. The number of hydrogen-bond donors (Lipinski definition) is 6. The predicted molar refractivity (Wildman–Crippen MR) is 87.3 cm³/mol. The van der Waals surface area contributed by atoms with Gasteiger partial charge in [0.05, 0.1) is 0 Å². The number of nitrogens with two attached hydrogens (primary N) is 1. The number of carbonyl (C=O) groups is 1. The molecule has 1 fully saturated rings. The Morgan fingerprint density at radius 3 is 2.18 bits per heavy atom. The fourth-order valence-corrected chi connectivity index (χ4v) is 5.97. The highest BCUT2D eigenvalue weighted by molar-refractivity contribution is 7.70. The summed E-state index contributed by atoms with van der Waals surface area (Å²) in [5.41, 5.74) is 5.27. The third-order valence-corrected chi connectivity index (χ3v) is 8.19. The van der Waals surface area contributed by atoms with Crippen molar-refractivity contribution in [2.45, 2.75) is 36.9 Å². The lowest BCUT2D eigenvalue weighted by atomic mass is 9.94. The predicted octanol–water partition coefficient (Wildman–Crippen LogP) is -0.375. The second-order valence-corrected chi connectivity index (χ2v) is 10.8. The Morgan fingerprint density at radius 1 is 1.21 bits per heavy atom. The van der Waals surface area contributed by atoms with E-state index in [4.69, 9.17) is 5.73 Å². The third-order valence-electron chi connectivity index (χ3n) is 4.41. The molecule has 0 saturated carbocycles. The second-order valence-electron chi connectivity index (χ2n) is 6.82. The van der Waals surface area contributed by atoms with Crippen molar-refractivity contribution in [3.05, 3.63) is 0 Å². The highest BCUT2D eigenvalue weighted by atomic mass is 31.2. The van der Waals surface area contributed by atoms with Crippen molar-refractivity contribution in [2.24, 2.45) is 11.7 Å². The number of likely N-dealkylation sites (tertiary alicyclic amines) is 1. The lowest BCUT2D eigenvalue weighted by molar-refractivity contribution is -1.10. The first kappa shape index (κ1) is 25.5. The molecule has 0 amide bonds. The minimum Gasteiger partial charge on any atom is -0.386 e. The van der Waals surface area contributed by atoms with E-state index in [-0.39, 0.29) is 25.9 Å². The van der Waals surface area contributed by atoms with Gasteiger partial charge in [-0.05, 0) is 12.8 Å². The maximum absolute atomic E-state index is 12.6. The first-order valence-corrected chi connectivity index (χ1v) is 11.5. The van der Waals surface area contributed by atoms with Crippen molar-refractivity contribution in [3.8, 4) is 0 Å². The van der Waals surface area contributed by atoms with E-state index in [1.54, 1.807) is 0 Å². The molecule has 0 aromatic heterocycles. The van der Waals surface area contributed by atoms with Gasteiger partial charge in [0, 0.05) is 18.9 Å². The molecule has 0 aliphatic carbocycles. The van der Waals surface area contributed by atoms with E-state index in [1.807, 2.05) is 0 Å². The van der Waals surface area contributed by atoms with Crippen LogP contribution in [-0.4, -0.2) is 79.2 Å². The SMILES string of the molecule is NCC(O)C[N+]1(OC(=O)C(F)(F)F)CCCC(CC(P(=O)(O)O)P(=O)(O)O)C1. The Labute approximate surface area is 158 Å². The summed E-state index contributed by atoms with van der Waals surface area (Å²) in [6.07, 6.45) is -7.04. The lowest BCUT2D eigenvalue weighted by Gasteiger charge is -2.42. The highest BCUT2D eigenvalue weighted by Gasteiger charge is 2.52. The molecular weight excluding hydrogens is 435 g/mol. The van der Waals surface area contributed by atoms with Gasteiger partial charge < -0.3 is 30.4 Å². The monoisotopic (exact) mass is 459 g/mol. The summed E-state index contributed by atoms with van der Waals surface area (Å²) in [6.45, 7) is -1.41. The van der Waals surface area contributed by atoms with Crippen LogP contribution in [0.25, 0.3) is 0 Å². The molecule has 7 N–H and O–H groups in total. The average Bonchev–Trinajstić information content (AvgIpc) is 2.49. The molecule has 0 aromatic carbocycles. The van der Waals surface area contributed by atoms with E-state index < -0.39 is 68.9 Å². The zero-order valence-corrected chi connectivity index (χ0v) is 16.4. The molecule has 3 unspecified atom stereocenters. The number of hydroxylamine groups is 3. The van der Waals surface area contributed by atoms with Crippen LogP contribution in [-0.2, 0) is 18.8 Å². The van der Waals surface area contributed by atoms with Crippen LogP contribution in [0.4, 0.5) is 13.2 Å².